The first-order valence-corrected chi connectivity index (χ1v) is 6.45. The second-order valence-electron chi connectivity index (χ2n) is 4.28. The van der Waals surface area contributed by atoms with Crippen LogP contribution >= 0.6 is 0 Å². The third-order valence-electron chi connectivity index (χ3n) is 2.80. The largest absolute Gasteiger partial charge is 0.243 e. The van der Waals surface area contributed by atoms with E-state index in [9.17, 15) is 0 Å². The highest BCUT2D eigenvalue weighted by Gasteiger charge is 1.96. The Kier molecular flexibility index (Phi) is 7.64. The molecule has 1 rings (SSSR count). The highest BCUT2D eigenvalue weighted by atomic mass is 15.5. The molecule has 4 heteroatoms. The molecule has 4 nitrogen and oxygen atoms in total. The van der Waals surface area contributed by atoms with Crippen LogP contribution in [0.4, 0.5) is 0 Å². The molecule has 0 saturated carbocycles. The summed E-state index contributed by atoms with van der Waals surface area (Å²) in [5.41, 5.74) is 0. The first kappa shape index (κ1) is 13.1. The van der Waals surface area contributed by atoms with E-state index in [-0.39, 0.29) is 0 Å². The van der Waals surface area contributed by atoms with Crippen LogP contribution < -0.4 is 0 Å². The number of unbranched alkanes of at least 4 members (excludes halogenated alkanes) is 8. The number of aromatic amines is 1. The van der Waals surface area contributed by atoms with Crippen molar-refractivity contribution in [1.29, 1.82) is 0 Å². The van der Waals surface area contributed by atoms with E-state index in [2.05, 4.69) is 27.5 Å². The van der Waals surface area contributed by atoms with E-state index in [1.807, 2.05) is 0 Å². The first-order chi connectivity index (χ1) is 7.93. The number of hydrogen-bond donors (Lipinski definition) is 1. The van der Waals surface area contributed by atoms with Gasteiger partial charge in [0.2, 0.25) is 0 Å². The Balaban J connectivity index is 1.78. The van der Waals surface area contributed by atoms with Crippen LogP contribution in [-0.2, 0) is 6.42 Å². The van der Waals surface area contributed by atoms with E-state index < -0.39 is 0 Å². The van der Waals surface area contributed by atoms with Gasteiger partial charge < -0.3 is 0 Å². The molecule has 1 aromatic rings. The van der Waals surface area contributed by atoms with Gasteiger partial charge in [-0.1, -0.05) is 58.3 Å². The van der Waals surface area contributed by atoms with Crippen LogP contribution in [0.1, 0.15) is 63.6 Å². The van der Waals surface area contributed by atoms with Crippen molar-refractivity contribution in [3.8, 4) is 0 Å². The van der Waals surface area contributed by atoms with Gasteiger partial charge in [-0.2, -0.15) is 0 Å². The lowest BCUT2D eigenvalue weighted by atomic mass is 10.1. The maximum Gasteiger partial charge on any atom is 0.148 e. The van der Waals surface area contributed by atoms with Crippen LogP contribution in [0.25, 0.3) is 0 Å². The van der Waals surface area contributed by atoms with Crippen molar-refractivity contribution in [2.24, 2.45) is 0 Å². The zero-order valence-electron chi connectivity index (χ0n) is 10.1. The summed E-state index contributed by atoms with van der Waals surface area (Å²) >= 11 is 0. The van der Waals surface area contributed by atoms with E-state index in [4.69, 9.17) is 0 Å². The predicted molar refractivity (Wildman–Crippen MR) is 64.8 cm³/mol. The van der Waals surface area contributed by atoms with Gasteiger partial charge in [-0.3, -0.25) is 0 Å². The molecule has 0 bridgehead atoms. The van der Waals surface area contributed by atoms with Crippen LogP contribution in [0.3, 0.4) is 0 Å². The standard InChI is InChI=1S/C12H23N4/c1-2-3-4-5-6-7-8-9-10-11-12-13-15-16-14-12/h1-11H2,(H,13,14,15,16). The van der Waals surface area contributed by atoms with Crippen LogP contribution in [0.15, 0.2) is 0 Å². The molecule has 0 atom stereocenters. The Labute approximate surface area is 98.2 Å². The minimum absolute atomic E-state index is 0.912. The fraction of sp³-hybridized carbons (Fsp3) is 0.833. The maximum atomic E-state index is 3.86. The van der Waals surface area contributed by atoms with Crippen molar-refractivity contribution in [2.45, 2.75) is 64.2 Å². The van der Waals surface area contributed by atoms with Gasteiger partial charge in [-0.15, -0.1) is 5.10 Å². The number of rotatable bonds is 10. The molecule has 16 heavy (non-hydrogen) atoms. The van der Waals surface area contributed by atoms with E-state index in [0.29, 0.717) is 0 Å². The second-order valence-corrected chi connectivity index (χ2v) is 4.28. The van der Waals surface area contributed by atoms with Crippen LogP contribution in [0.5, 0.6) is 0 Å². The van der Waals surface area contributed by atoms with E-state index in [0.717, 1.165) is 18.7 Å². The van der Waals surface area contributed by atoms with Crippen molar-refractivity contribution in [1.82, 2.24) is 20.6 Å². The summed E-state index contributed by atoms with van der Waals surface area (Å²) in [6, 6.07) is 0. The molecule has 0 aromatic carbocycles. The molecule has 0 spiro atoms. The quantitative estimate of drug-likeness (QED) is 0.620. The molecular formula is C12H23N4. The molecule has 1 radical (unpaired) electrons. The number of nitrogens with zero attached hydrogens (tertiary/aromatic N) is 3. The zero-order chi connectivity index (χ0) is 11.5. The fourth-order valence-electron chi connectivity index (χ4n) is 1.81. The third-order valence-corrected chi connectivity index (χ3v) is 2.80. The number of tetrazole rings is 1. The van der Waals surface area contributed by atoms with Gasteiger partial charge in [0.25, 0.3) is 0 Å². The molecule has 0 fully saturated rings. The average molecular weight is 223 g/mol. The summed E-state index contributed by atoms with van der Waals surface area (Å²) in [5.74, 6) is 0.912. The van der Waals surface area contributed by atoms with Crippen molar-refractivity contribution in [3.63, 3.8) is 0 Å². The Morgan fingerprint density at radius 3 is 2.06 bits per heavy atom. The monoisotopic (exact) mass is 223 g/mol. The fourth-order valence-corrected chi connectivity index (χ4v) is 1.81. The zero-order valence-corrected chi connectivity index (χ0v) is 10.1. The summed E-state index contributed by atoms with van der Waals surface area (Å²) < 4.78 is 0. The Bertz CT molecular complexity index is 233. The lowest BCUT2D eigenvalue weighted by Gasteiger charge is -2.00. The molecule has 0 saturated heterocycles. The van der Waals surface area contributed by atoms with E-state index in [1.54, 1.807) is 0 Å². The highest BCUT2D eigenvalue weighted by Crippen LogP contribution is 2.10. The van der Waals surface area contributed by atoms with Gasteiger partial charge in [0.05, 0.1) is 0 Å². The molecule has 0 aliphatic carbocycles. The topological polar surface area (TPSA) is 54.5 Å². The number of nitrogens with one attached hydrogen (secondary N) is 1. The predicted octanol–water partition coefficient (Wildman–Crippen LogP) is 3.09. The van der Waals surface area contributed by atoms with Crippen molar-refractivity contribution in [2.75, 3.05) is 0 Å². The first-order valence-electron chi connectivity index (χ1n) is 6.45. The van der Waals surface area contributed by atoms with Crippen LogP contribution in [0, 0.1) is 6.92 Å². The molecular weight excluding hydrogens is 200 g/mol. The van der Waals surface area contributed by atoms with Crippen molar-refractivity contribution < 1.29 is 0 Å². The van der Waals surface area contributed by atoms with Gasteiger partial charge in [0.15, 0.2) is 0 Å². The number of aryl methyl sites for hydroxylation is 1. The summed E-state index contributed by atoms with van der Waals surface area (Å²) in [4.78, 5) is 0. The third kappa shape index (κ3) is 6.53. The molecule has 91 valence electrons. The van der Waals surface area contributed by atoms with E-state index >= 15 is 0 Å². The van der Waals surface area contributed by atoms with Gasteiger partial charge in [0.1, 0.15) is 5.82 Å². The molecule has 1 N–H and O–H groups in total. The minimum atomic E-state index is 0.912. The Morgan fingerprint density at radius 2 is 1.50 bits per heavy atom. The van der Waals surface area contributed by atoms with Crippen molar-refractivity contribution in [3.05, 3.63) is 12.7 Å². The van der Waals surface area contributed by atoms with Crippen LogP contribution in [-0.4, -0.2) is 20.6 Å². The highest BCUT2D eigenvalue weighted by molar-refractivity contribution is 4.74. The SMILES string of the molecule is [CH2]CCCCCCCCCCc1nnn[nH]1. The van der Waals surface area contributed by atoms with Gasteiger partial charge >= 0.3 is 0 Å². The maximum absolute atomic E-state index is 3.86. The number of H-pyrrole nitrogens is 1. The summed E-state index contributed by atoms with van der Waals surface area (Å²) in [5, 5.41) is 13.8. The lowest BCUT2D eigenvalue weighted by Crippen LogP contribution is -1.89. The summed E-state index contributed by atoms with van der Waals surface area (Å²) in [7, 11) is 0. The molecule has 1 heterocycles. The van der Waals surface area contributed by atoms with Crippen LogP contribution in [0.2, 0.25) is 0 Å². The molecule has 1 aromatic heterocycles. The smallest absolute Gasteiger partial charge is 0.148 e. The Morgan fingerprint density at radius 1 is 0.875 bits per heavy atom. The minimum Gasteiger partial charge on any atom is -0.243 e. The molecule has 0 unspecified atom stereocenters. The number of aromatic nitrogens is 4. The van der Waals surface area contributed by atoms with Gasteiger partial charge in [0, 0.05) is 6.42 Å². The van der Waals surface area contributed by atoms with Gasteiger partial charge in [-0.25, -0.2) is 5.10 Å². The molecule has 0 aliphatic rings. The normalized spacial score (nSPS) is 10.8. The summed E-state index contributed by atoms with van der Waals surface area (Å²) in [6.45, 7) is 3.85. The van der Waals surface area contributed by atoms with Crippen molar-refractivity contribution >= 4 is 0 Å². The average Bonchev–Trinajstić information content (AvgIpc) is 2.80. The number of hydrogen-bond acceptors (Lipinski definition) is 3. The second kappa shape index (κ2) is 9.31. The Hall–Kier alpha value is -0.930. The van der Waals surface area contributed by atoms with Gasteiger partial charge in [-0.05, 0) is 16.8 Å². The van der Waals surface area contributed by atoms with E-state index in [1.165, 1.54) is 51.4 Å². The summed E-state index contributed by atoms with van der Waals surface area (Å²) in [6.07, 6.45) is 12.7. The molecule has 0 aliphatic heterocycles. The lowest BCUT2D eigenvalue weighted by molar-refractivity contribution is 0.566. The molecule has 0 amide bonds.